The van der Waals surface area contributed by atoms with E-state index in [1.54, 1.807) is 42.5 Å². The molecule has 0 bridgehead atoms. The van der Waals surface area contributed by atoms with Crippen molar-refractivity contribution < 1.29 is 169 Å². The van der Waals surface area contributed by atoms with Crippen LogP contribution in [-0.2, 0) is 4.79 Å². The van der Waals surface area contributed by atoms with Gasteiger partial charge in [-0.15, -0.1) is 0 Å². The summed E-state index contributed by atoms with van der Waals surface area (Å²) in [5, 5.41) is 60.4. The third-order valence-electron chi connectivity index (χ3n) is 18.9. The van der Waals surface area contributed by atoms with E-state index in [0.29, 0.717) is 32.0 Å². The second-order valence-electron chi connectivity index (χ2n) is 26.4. The zero-order valence-corrected chi connectivity index (χ0v) is 72.3. The van der Waals surface area contributed by atoms with Crippen molar-refractivity contribution in [2.45, 2.75) is 6.92 Å². The molecule has 21 aromatic rings. The minimum Gasteiger partial charge on any atom is -1.00 e. The maximum absolute atomic E-state index is 11.3. The Balaban J connectivity index is 0.000000174. The number of nitrogens with two attached hydrogens (primary N) is 1. The summed E-state index contributed by atoms with van der Waals surface area (Å²) in [6, 6.07) is 103. The lowest BCUT2D eigenvalue weighted by Gasteiger charge is -2.05. The van der Waals surface area contributed by atoms with Gasteiger partial charge < -0.3 is 116 Å². The molecule has 0 fully saturated rings. The number of halogens is 10. The van der Waals surface area contributed by atoms with Gasteiger partial charge in [0.15, 0.2) is 43.4 Å². The SMILES string of the molecule is CC(=O)Nc1cc2cccc[n+]2c2ccccc12.Nc1cc2cccc[n+]2c2ccccc12.Oc1cc2cccc[n+]2c2c(Cl)cccc12.Oc1cc2cccc[n+]2c2cc(Cl)ccc12.Oc1cc2cccc[n+]2c2cccc(Cl)c12.Oc1cc2cccc[n+]2c2ccccc12.Oc1cc2cccc[n+]2c2ccccc12.[Br-].[Cl-].[Cl-].[Cl-].[Cl-].[Cl-].[O-][Cl+3]([O-])([O-])O. The number of aromatic hydroxyl groups is 5. The Kier molecular flexibility index (Phi) is 33.6. The molecule has 0 saturated carbocycles. The van der Waals surface area contributed by atoms with Crippen LogP contribution in [0.1, 0.15) is 6.92 Å². The summed E-state index contributed by atoms with van der Waals surface area (Å²) >= 11 is 18.2. The highest BCUT2D eigenvalue weighted by Gasteiger charge is 2.21. The zero-order valence-electron chi connectivity index (χ0n) is 63.9. The Morgan fingerprint density at radius 1 is 0.320 bits per heavy atom. The van der Waals surface area contributed by atoms with Crippen molar-refractivity contribution >= 4 is 167 Å². The number of carbonyl (C=O) groups is 1. The molecule has 618 valence electrons. The molecule has 0 saturated heterocycles. The average molecular weight is 1870 g/mol. The van der Waals surface area contributed by atoms with E-state index in [-0.39, 0.29) is 102 Å². The number of hydrogen-bond acceptors (Lipinski definition) is 11. The monoisotopic (exact) mass is 1870 g/mol. The van der Waals surface area contributed by atoms with Gasteiger partial charge in [-0.05, 0) is 97.1 Å². The van der Waals surface area contributed by atoms with Crippen LogP contribution in [0.15, 0.2) is 365 Å². The molecule has 0 atom stereocenters. The lowest BCUT2D eigenvalue weighted by atomic mass is 10.1. The number of carbonyl (C=O) groups excluding carboxylic acids is 1. The van der Waals surface area contributed by atoms with Gasteiger partial charge in [0.2, 0.25) is 83.1 Å². The number of nitrogens with zero attached hydrogens (tertiary/aromatic N) is 7. The van der Waals surface area contributed by atoms with Crippen LogP contribution >= 0.6 is 34.8 Å². The van der Waals surface area contributed by atoms with E-state index in [1.165, 1.54) is 6.92 Å². The molecule has 19 nitrogen and oxygen atoms in total. The standard InChI is InChI=1S/C15H12N2O.3C13H8ClNO.C13H10N2.2C13H9NO.BrH.ClHO4.5ClH/c1-11(18)16-14-10-12-6-4-5-9-17(12)15-8-3-2-7-13(14)15;14-10-5-3-6-11-13(10)12(16)8-9-4-1-2-7-15(9)11;14-11-6-3-5-10-12(16)8-9-4-1-2-7-15(9)13(10)11;14-9-4-5-11-12(7-9)15-6-2-1-3-10(15)8-13(11)16;14-12-9-10-5-3-4-8-15(10)13-7-2-1-6-11(12)13;2*15-13-9-10-5-3-4-8-14(10)12-7-2-1-6-11(12)13;;2-1(3,4)5;;;;;/h2-10H,1H3;3*1-8H;1-9,14H;2*1-9H;1H;(H,2,3,4,5);5*1H/p+1. The summed E-state index contributed by atoms with van der Waals surface area (Å²) in [6.45, 7) is 1.52. The number of nitrogens with one attached hydrogen (secondary N) is 1. The highest BCUT2D eigenvalue weighted by molar-refractivity contribution is 6.36. The van der Waals surface area contributed by atoms with Crippen molar-refractivity contribution in [3.63, 3.8) is 0 Å². The molecule has 29 heteroatoms. The predicted molar refractivity (Wildman–Crippen MR) is 444 cm³/mol. The second kappa shape index (κ2) is 43.0. The minimum atomic E-state index is -4.69. The summed E-state index contributed by atoms with van der Waals surface area (Å²) in [7, 11) is -4.69. The van der Waals surface area contributed by atoms with Gasteiger partial charge in [-0.3, -0.25) is 4.79 Å². The van der Waals surface area contributed by atoms with E-state index < -0.39 is 10.2 Å². The highest BCUT2D eigenvalue weighted by Crippen LogP contribution is 2.33. The Bertz CT molecular complexity index is 7000. The first-order valence-electron chi connectivity index (χ1n) is 36.1. The van der Waals surface area contributed by atoms with E-state index in [4.69, 9.17) is 59.2 Å². The predicted octanol–water partition coefficient (Wildman–Crippen LogP) is -4.02. The fraction of sp³-hybridized carbons (Fsp3) is 0.0108. The van der Waals surface area contributed by atoms with E-state index in [1.807, 2.05) is 317 Å². The lowest BCUT2D eigenvalue weighted by Crippen LogP contribution is -3.00. The number of benzene rings is 7. The van der Waals surface area contributed by atoms with Crippen molar-refractivity contribution in [2.75, 3.05) is 11.1 Å². The quantitative estimate of drug-likeness (QED) is 0.0580. The van der Waals surface area contributed by atoms with E-state index in [9.17, 15) is 30.3 Å². The molecule has 1 amide bonds. The summed E-state index contributed by atoms with van der Waals surface area (Å²) < 4.78 is 47.1. The van der Waals surface area contributed by atoms with Gasteiger partial charge in [0.25, 0.3) is 0 Å². The molecule has 0 aliphatic rings. The number of para-hydroxylation sites is 5. The molecule has 0 unspecified atom stereocenters. The van der Waals surface area contributed by atoms with E-state index in [0.717, 1.165) is 121 Å². The fourth-order valence-corrected chi connectivity index (χ4v) is 14.6. The first kappa shape index (κ1) is 95.4. The van der Waals surface area contributed by atoms with Crippen LogP contribution in [0.5, 0.6) is 28.7 Å². The van der Waals surface area contributed by atoms with Crippen LogP contribution in [0.25, 0.3) is 115 Å². The first-order chi connectivity index (χ1) is 56.1. The van der Waals surface area contributed by atoms with Gasteiger partial charge >= 0.3 is 0 Å². The molecule has 0 aliphatic heterocycles. The Labute approximate surface area is 756 Å². The minimum absolute atomic E-state index is 0. The van der Waals surface area contributed by atoms with Crippen LogP contribution in [0.2, 0.25) is 15.1 Å². The van der Waals surface area contributed by atoms with Crippen molar-refractivity contribution in [1.29, 1.82) is 0 Å². The Morgan fingerprint density at radius 3 is 1.04 bits per heavy atom. The van der Waals surface area contributed by atoms with Gasteiger partial charge in [-0.25, -0.2) is 0 Å². The molecule has 122 heavy (non-hydrogen) atoms. The van der Waals surface area contributed by atoms with Gasteiger partial charge in [0.1, 0.15) is 39.2 Å². The summed E-state index contributed by atoms with van der Waals surface area (Å²) in [4.78, 5) is 11.3. The molecular formula is C93H72BrCl9N9O10+. The van der Waals surface area contributed by atoms with Crippen LogP contribution < -0.4 is 135 Å². The molecule has 0 aliphatic carbocycles. The third kappa shape index (κ3) is 21.8. The van der Waals surface area contributed by atoms with Crippen LogP contribution in [0.4, 0.5) is 11.4 Å². The molecule has 9 N–H and O–H groups in total. The van der Waals surface area contributed by atoms with Gasteiger partial charge in [-0.1, -0.05) is 95.5 Å². The average Bonchev–Trinajstić information content (AvgIpc) is 0.811. The van der Waals surface area contributed by atoms with Crippen molar-refractivity contribution in [2.24, 2.45) is 0 Å². The normalized spacial score (nSPS) is 10.5. The topological polar surface area (TPSA) is 274 Å². The number of fused-ring (bicyclic) bond motifs is 21. The maximum Gasteiger partial charge on any atom is 0.240 e. The molecule has 14 heterocycles. The van der Waals surface area contributed by atoms with Gasteiger partial charge in [-0.2, -0.15) is 44.8 Å². The largest absolute Gasteiger partial charge is 1.00 e. The number of aromatic nitrogens is 7. The van der Waals surface area contributed by atoms with Gasteiger partial charge in [0, 0.05) is 145 Å². The zero-order chi connectivity index (χ0) is 81.2. The van der Waals surface area contributed by atoms with Crippen LogP contribution in [-0.4, -0.2) is 36.1 Å². The number of amides is 1. The summed E-state index contributed by atoms with van der Waals surface area (Å²) in [5.74, 6) is 1.35. The summed E-state index contributed by atoms with van der Waals surface area (Å²) in [6.07, 6.45) is 13.9. The Morgan fingerprint density at radius 2 is 0.607 bits per heavy atom. The number of pyridine rings is 14. The number of nitrogen functional groups attached to an aromatic ring is 1. The van der Waals surface area contributed by atoms with Crippen molar-refractivity contribution in [1.82, 2.24) is 0 Å². The number of rotatable bonds is 1. The molecule has 0 radical (unpaired) electrons. The third-order valence-corrected chi connectivity index (χ3v) is 19.7. The van der Waals surface area contributed by atoms with Crippen LogP contribution in [0.3, 0.4) is 0 Å². The lowest BCUT2D eigenvalue weighted by molar-refractivity contribution is -1.92. The van der Waals surface area contributed by atoms with Crippen molar-refractivity contribution in [3.05, 3.63) is 380 Å². The number of hydrogen-bond donors (Lipinski definition) is 8. The van der Waals surface area contributed by atoms with E-state index >= 15 is 0 Å². The molecule has 0 spiro atoms. The number of anilines is 2. The second-order valence-corrected chi connectivity index (χ2v) is 28.4. The fourth-order valence-electron chi connectivity index (χ4n) is 13.9. The highest BCUT2D eigenvalue weighted by atomic mass is 79.9. The Hall–Kier alpha value is -12.0. The molecule has 7 aromatic carbocycles. The van der Waals surface area contributed by atoms with E-state index in [2.05, 4.69) is 41.2 Å². The van der Waals surface area contributed by atoms with Crippen LogP contribution in [0, 0.1) is 10.2 Å². The van der Waals surface area contributed by atoms with Gasteiger partial charge in [0.05, 0.1) is 93.9 Å². The molecule has 21 rings (SSSR count). The maximum atomic E-state index is 11.3. The smallest absolute Gasteiger partial charge is 0.240 e. The van der Waals surface area contributed by atoms with Crippen molar-refractivity contribution in [3.8, 4) is 28.7 Å². The molecular weight excluding hydrogens is 1800 g/mol. The summed E-state index contributed by atoms with van der Waals surface area (Å²) in [5.41, 5.74) is 21.6. The first-order valence-corrected chi connectivity index (χ1v) is 38.5. The molecule has 14 aromatic heterocycles.